The van der Waals surface area contributed by atoms with Crippen molar-refractivity contribution >= 4 is 11.8 Å². The summed E-state index contributed by atoms with van der Waals surface area (Å²) in [4.78, 5) is 25.0. The van der Waals surface area contributed by atoms with Crippen molar-refractivity contribution in [1.82, 2.24) is 0 Å². The summed E-state index contributed by atoms with van der Waals surface area (Å²) in [5.41, 5.74) is 5.55. The molecule has 0 unspecified atom stereocenters. The molecule has 0 saturated heterocycles. The first kappa shape index (κ1) is 16.4. The molecule has 0 aromatic heterocycles. The zero-order valence-electron chi connectivity index (χ0n) is 14.4. The van der Waals surface area contributed by atoms with Crippen LogP contribution in [0, 0.1) is 13.8 Å². The van der Waals surface area contributed by atoms with Gasteiger partial charge in [0.15, 0.2) is 6.10 Å². The van der Waals surface area contributed by atoms with Gasteiger partial charge in [-0.15, -0.1) is 0 Å². The average Bonchev–Trinajstić information content (AvgIpc) is 3.03. The average molecular weight is 322 g/mol. The van der Waals surface area contributed by atoms with Gasteiger partial charge in [-0.2, -0.15) is 0 Å². The molecule has 0 saturated carbocycles. The van der Waals surface area contributed by atoms with E-state index >= 15 is 0 Å². The van der Waals surface area contributed by atoms with Crippen LogP contribution in [0.4, 0.5) is 0 Å². The Kier molecular flexibility index (Phi) is 4.52. The van der Waals surface area contributed by atoms with Crippen LogP contribution in [-0.4, -0.2) is 17.9 Å². The number of Topliss-reactive ketones (excluding diaryl/α,β-unsaturated/α-hetero) is 1. The third-order valence-corrected chi connectivity index (χ3v) is 4.65. The van der Waals surface area contributed by atoms with Gasteiger partial charge in [-0.3, -0.25) is 4.79 Å². The summed E-state index contributed by atoms with van der Waals surface area (Å²) >= 11 is 0. The van der Waals surface area contributed by atoms with E-state index in [0.717, 1.165) is 30.4 Å². The molecule has 2 aromatic rings. The summed E-state index contributed by atoms with van der Waals surface area (Å²) in [7, 11) is 0. The van der Waals surface area contributed by atoms with Crippen LogP contribution in [0.5, 0.6) is 0 Å². The van der Waals surface area contributed by atoms with E-state index in [1.54, 1.807) is 13.0 Å². The van der Waals surface area contributed by atoms with Gasteiger partial charge in [-0.25, -0.2) is 4.79 Å². The van der Waals surface area contributed by atoms with Crippen LogP contribution in [-0.2, 0) is 17.6 Å². The Hall–Kier alpha value is -2.42. The van der Waals surface area contributed by atoms with E-state index in [2.05, 4.69) is 0 Å². The number of benzene rings is 2. The fourth-order valence-corrected chi connectivity index (χ4v) is 3.19. The highest BCUT2D eigenvalue weighted by atomic mass is 16.5. The minimum atomic E-state index is -0.795. The van der Waals surface area contributed by atoms with Crippen molar-refractivity contribution in [1.29, 1.82) is 0 Å². The second kappa shape index (κ2) is 6.60. The molecule has 0 bridgehead atoms. The lowest BCUT2D eigenvalue weighted by Crippen LogP contribution is -2.25. The number of ether oxygens (including phenoxy) is 1. The molecular weight excluding hydrogens is 300 g/mol. The number of carbonyl (C=O) groups excluding carboxylic acids is 2. The summed E-state index contributed by atoms with van der Waals surface area (Å²) in [5, 5.41) is 0. The van der Waals surface area contributed by atoms with Crippen molar-refractivity contribution in [3.63, 3.8) is 0 Å². The zero-order valence-corrected chi connectivity index (χ0v) is 14.4. The number of ketones is 1. The minimum absolute atomic E-state index is 0.150. The number of fused-ring (bicyclic) bond motifs is 1. The molecular formula is C21H22O3. The van der Waals surface area contributed by atoms with Gasteiger partial charge in [0, 0.05) is 5.56 Å². The molecule has 0 amide bonds. The van der Waals surface area contributed by atoms with Crippen molar-refractivity contribution in [3.8, 4) is 0 Å². The Bertz CT molecular complexity index is 805. The van der Waals surface area contributed by atoms with Crippen molar-refractivity contribution < 1.29 is 14.3 Å². The maximum atomic E-state index is 12.6. The van der Waals surface area contributed by atoms with Crippen LogP contribution in [0.25, 0.3) is 0 Å². The maximum absolute atomic E-state index is 12.6. The highest BCUT2D eigenvalue weighted by Crippen LogP contribution is 2.24. The van der Waals surface area contributed by atoms with E-state index in [9.17, 15) is 9.59 Å². The highest BCUT2D eigenvalue weighted by molar-refractivity contribution is 6.01. The zero-order chi connectivity index (χ0) is 17.3. The predicted molar refractivity (Wildman–Crippen MR) is 93.6 cm³/mol. The van der Waals surface area contributed by atoms with Gasteiger partial charge in [-0.1, -0.05) is 29.8 Å². The van der Waals surface area contributed by atoms with Crippen molar-refractivity contribution in [3.05, 3.63) is 69.8 Å². The van der Waals surface area contributed by atoms with Crippen molar-refractivity contribution in [2.24, 2.45) is 0 Å². The van der Waals surface area contributed by atoms with Crippen molar-refractivity contribution in [2.75, 3.05) is 0 Å². The summed E-state index contributed by atoms with van der Waals surface area (Å²) in [6, 6.07) is 11.4. The van der Waals surface area contributed by atoms with E-state index in [0.29, 0.717) is 11.1 Å². The molecule has 24 heavy (non-hydrogen) atoms. The molecule has 1 atom stereocenters. The van der Waals surface area contributed by atoms with Crippen molar-refractivity contribution in [2.45, 2.75) is 46.1 Å². The molecule has 0 fully saturated rings. The molecule has 0 N–H and O–H groups in total. The Balaban J connectivity index is 1.74. The number of hydrogen-bond acceptors (Lipinski definition) is 3. The molecule has 0 radical (unpaired) electrons. The Labute approximate surface area is 142 Å². The Morgan fingerprint density at radius 2 is 1.75 bits per heavy atom. The lowest BCUT2D eigenvalue weighted by atomic mass is 10.0. The van der Waals surface area contributed by atoms with Gasteiger partial charge in [-0.05, 0) is 68.9 Å². The largest absolute Gasteiger partial charge is 0.451 e. The molecule has 0 spiro atoms. The molecule has 0 aliphatic heterocycles. The summed E-state index contributed by atoms with van der Waals surface area (Å²) in [5.74, 6) is -0.596. The maximum Gasteiger partial charge on any atom is 0.339 e. The van der Waals surface area contributed by atoms with Crippen LogP contribution in [0.15, 0.2) is 36.4 Å². The number of esters is 1. The molecule has 3 heteroatoms. The molecule has 2 aromatic carbocycles. The monoisotopic (exact) mass is 322 g/mol. The Morgan fingerprint density at radius 1 is 1.00 bits per heavy atom. The summed E-state index contributed by atoms with van der Waals surface area (Å²) < 4.78 is 5.42. The van der Waals surface area contributed by atoms with Crippen LogP contribution < -0.4 is 0 Å². The number of carbonyl (C=O) groups is 2. The third-order valence-electron chi connectivity index (χ3n) is 4.65. The second-order valence-corrected chi connectivity index (χ2v) is 6.57. The number of aryl methyl sites for hydroxylation is 4. The molecule has 124 valence electrons. The Morgan fingerprint density at radius 3 is 2.54 bits per heavy atom. The van der Waals surface area contributed by atoms with Crippen LogP contribution >= 0.6 is 0 Å². The van der Waals surface area contributed by atoms with Crippen LogP contribution in [0.3, 0.4) is 0 Å². The fraction of sp³-hybridized carbons (Fsp3) is 0.333. The minimum Gasteiger partial charge on any atom is -0.451 e. The first-order valence-electron chi connectivity index (χ1n) is 8.40. The van der Waals surface area contributed by atoms with Gasteiger partial charge in [0.25, 0.3) is 0 Å². The topological polar surface area (TPSA) is 43.4 Å². The van der Waals surface area contributed by atoms with Gasteiger partial charge in [0.2, 0.25) is 5.78 Å². The van der Waals surface area contributed by atoms with Gasteiger partial charge in [0.05, 0.1) is 5.56 Å². The van der Waals surface area contributed by atoms with E-state index in [-0.39, 0.29) is 5.78 Å². The molecule has 1 aliphatic rings. The quantitative estimate of drug-likeness (QED) is 0.625. The van der Waals surface area contributed by atoms with Gasteiger partial charge < -0.3 is 4.74 Å². The summed E-state index contributed by atoms with van der Waals surface area (Å²) in [6.07, 6.45) is 2.45. The highest BCUT2D eigenvalue weighted by Gasteiger charge is 2.22. The molecule has 1 aliphatic carbocycles. The van der Waals surface area contributed by atoms with E-state index in [4.69, 9.17) is 4.74 Å². The first-order chi connectivity index (χ1) is 11.5. The molecule has 0 heterocycles. The van der Waals surface area contributed by atoms with Gasteiger partial charge >= 0.3 is 5.97 Å². The van der Waals surface area contributed by atoms with Crippen LogP contribution in [0.2, 0.25) is 0 Å². The third kappa shape index (κ3) is 3.25. The lowest BCUT2D eigenvalue weighted by molar-refractivity contribution is 0.0318. The normalized spacial score (nSPS) is 14.1. The summed E-state index contributed by atoms with van der Waals surface area (Å²) in [6.45, 7) is 5.43. The molecule has 3 rings (SSSR count). The number of rotatable bonds is 4. The first-order valence-corrected chi connectivity index (χ1v) is 8.40. The van der Waals surface area contributed by atoms with Crippen LogP contribution in [0.1, 0.15) is 56.3 Å². The van der Waals surface area contributed by atoms with E-state index in [1.807, 2.05) is 44.2 Å². The smallest absolute Gasteiger partial charge is 0.339 e. The molecule has 3 nitrogen and oxygen atoms in total. The number of hydrogen-bond donors (Lipinski definition) is 0. The standard InChI is InChI=1S/C21H22O3/c1-13-7-8-14(2)19(11-13)21(23)24-15(3)20(22)18-10-9-16-5-4-6-17(16)12-18/h7-12,15H,4-6H2,1-3H3/t15-/m0/s1. The second-order valence-electron chi connectivity index (χ2n) is 6.57. The van der Waals surface area contributed by atoms with Gasteiger partial charge in [0.1, 0.15) is 0 Å². The predicted octanol–water partition coefficient (Wildman–Crippen LogP) is 4.22. The van der Waals surface area contributed by atoms with E-state index < -0.39 is 12.1 Å². The SMILES string of the molecule is Cc1ccc(C)c(C(=O)O[C@@H](C)C(=O)c2ccc3c(c2)CCC3)c1. The lowest BCUT2D eigenvalue weighted by Gasteiger charge is -2.14. The fourth-order valence-electron chi connectivity index (χ4n) is 3.19. The van der Waals surface area contributed by atoms with E-state index in [1.165, 1.54) is 11.1 Å².